The van der Waals surface area contributed by atoms with Crippen LogP contribution in [0.4, 0.5) is 0 Å². The van der Waals surface area contributed by atoms with Gasteiger partial charge in [0.25, 0.3) is 0 Å². The summed E-state index contributed by atoms with van der Waals surface area (Å²) in [5.41, 5.74) is 2.09. The SMILES string of the molecule is Cc1c(CCC2CCN(C(=O)CCC(C)(C)O)CC2)[nH]c2ccccc2c1=O. The topological polar surface area (TPSA) is 73.4 Å². The Kier molecular flexibility index (Phi) is 6.23. The molecular weight excluding hydrogens is 352 g/mol. The van der Waals surface area contributed by atoms with Gasteiger partial charge in [0.05, 0.1) is 5.60 Å². The number of nitrogens with one attached hydrogen (secondary N) is 1. The number of para-hydroxylation sites is 1. The van der Waals surface area contributed by atoms with Gasteiger partial charge in [-0.05, 0) is 70.9 Å². The van der Waals surface area contributed by atoms with Crippen LogP contribution in [0.1, 0.15) is 57.2 Å². The number of benzene rings is 1. The molecule has 0 bridgehead atoms. The fourth-order valence-electron chi connectivity index (χ4n) is 4.03. The molecule has 1 fully saturated rings. The van der Waals surface area contributed by atoms with Crippen molar-refractivity contribution in [3.8, 4) is 0 Å². The van der Waals surface area contributed by atoms with Crippen LogP contribution < -0.4 is 5.43 Å². The number of aromatic amines is 1. The Hall–Kier alpha value is -2.14. The zero-order chi connectivity index (χ0) is 20.3. The number of hydrogen-bond donors (Lipinski definition) is 2. The Balaban J connectivity index is 1.53. The van der Waals surface area contributed by atoms with Crippen LogP contribution in [0.15, 0.2) is 29.1 Å². The lowest BCUT2D eigenvalue weighted by molar-refractivity contribution is -0.133. The maximum atomic E-state index is 12.6. The first kappa shape index (κ1) is 20.6. The van der Waals surface area contributed by atoms with Gasteiger partial charge in [-0.25, -0.2) is 0 Å². The molecule has 2 aromatic rings. The number of carbonyl (C=O) groups is 1. The second kappa shape index (κ2) is 8.48. The highest BCUT2D eigenvalue weighted by Gasteiger charge is 2.24. The molecule has 1 aromatic heterocycles. The standard InChI is InChI=1S/C23H32N2O3/c1-16-19(24-20-7-5-4-6-18(20)22(16)27)9-8-17-11-14-25(15-12-17)21(26)10-13-23(2,3)28/h4-7,17,28H,8-15H2,1-3H3,(H,24,27). The van der Waals surface area contributed by atoms with Crippen molar-refractivity contribution in [2.75, 3.05) is 13.1 Å². The van der Waals surface area contributed by atoms with E-state index >= 15 is 0 Å². The van der Waals surface area contributed by atoms with Crippen molar-refractivity contribution in [2.24, 2.45) is 5.92 Å². The van der Waals surface area contributed by atoms with Gasteiger partial charge in [0.1, 0.15) is 0 Å². The number of aliphatic hydroxyl groups is 1. The van der Waals surface area contributed by atoms with Crippen LogP contribution in [0.3, 0.4) is 0 Å². The average Bonchev–Trinajstić information content (AvgIpc) is 2.67. The maximum absolute atomic E-state index is 12.6. The molecule has 1 aliphatic rings. The first-order valence-electron chi connectivity index (χ1n) is 10.4. The van der Waals surface area contributed by atoms with Gasteiger partial charge in [0.2, 0.25) is 5.91 Å². The van der Waals surface area contributed by atoms with Crippen molar-refractivity contribution < 1.29 is 9.90 Å². The summed E-state index contributed by atoms with van der Waals surface area (Å²) in [7, 11) is 0. The Labute approximate surface area is 166 Å². The highest BCUT2D eigenvalue weighted by Crippen LogP contribution is 2.24. The number of piperidine rings is 1. The molecule has 0 spiro atoms. The quantitative estimate of drug-likeness (QED) is 0.800. The van der Waals surface area contributed by atoms with Crippen LogP contribution in [0.2, 0.25) is 0 Å². The fraction of sp³-hybridized carbons (Fsp3) is 0.565. The monoisotopic (exact) mass is 384 g/mol. The molecule has 5 nitrogen and oxygen atoms in total. The Morgan fingerprint density at radius 3 is 2.61 bits per heavy atom. The summed E-state index contributed by atoms with van der Waals surface area (Å²) in [5.74, 6) is 0.725. The van der Waals surface area contributed by atoms with Gasteiger partial charge in [0, 0.05) is 41.7 Å². The van der Waals surface area contributed by atoms with Gasteiger partial charge < -0.3 is 15.0 Å². The molecule has 1 amide bonds. The highest BCUT2D eigenvalue weighted by molar-refractivity contribution is 5.79. The first-order chi connectivity index (χ1) is 13.2. The minimum absolute atomic E-state index is 0.122. The van der Waals surface area contributed by atoms with Gasteiger partial charge in [-0.1, -0.05) is 12.1 Å². The molecule has 0 radical (unpaired) electrons. The van der Waals surface area contributed by atoms with E-state index in [1.807, 2.05) is 36.1 Å². The number of fused-ring (bicyclic) bond motifs is 1. The molecule has 28 heavy (non-hydrogen) atoms. The van der Waals surface area contributed by atoms with Crippen molar-refractivity contribution in [2.45, 2.75) is 64.9 Å². The van der Waals surface area contributed by atoms with Crippen LogP contribution in [-0.4, -0.2) is 39.6 Å². The number of pyridine rings is 1. The van der Waals surface area contributed by atoms with Crippen LogP contribution in [0, 0.1) is 12.8 Å². The number of nitrogens with zero attached hydrogens (tertiary/aromatic N) is 1. The van der Waals surface area contributed by atoms with Crippen LogP contribution in [-0.2, 0) is 11.2 Å². The number of carbonyl (C=O) groups excluding carboxylic acids is 1. The maximum Gasteiger partial charge on any atom is 0.222 e. The van der Waals surface area contributed by atoms with E-state index in [-0.39, 0.29) is 11.3 Å². The lowest BCUT2D eigenvalue weighted by atomic mass is 9.90. The van der Waals surface area contributed by atoms with Crippen LogP contribution in [0.5, 0.6) is 0 Å². The van der Waals surface area contributed by atoms with Crippen molar-refractivity contribution in [3.05, 3.63) is 45.7 Å². The van der Waals surface area contributed by atoms with E-state index in [2.05, 4.69) is 4.98 Å². The molecule has 2 heterocycles. The largest absolute Gasteiger partial charge is 0.390 e. The predicted molar refractivity (Wildman–Crippen MR) is 112 cm³/mol. The van der Waals surface area contributed by atoms with Gasteiger partial charge in [0.15, 0.2) is 5.43 Å². The zero-order valence-electron chi connectivity index (χ0n) is 17.3. The molecule has 1 aromatic carbocycles. The summed E-state index contributed by atoms with van der Waals surface area (Å²) in [4.78, 5) is 30.3. The number of H-pyrrole nitrogens is 1. The number of amides is 1. The third kappa shape index (κ3) is 5.02. The van der Waals surface area contributed by atoms with Crippen molar-refractivity contribution in [3.63, 3.8) is 0 Å². The molecule has 2 N–H and O–H groups in total. The van der Waals surface area contributed by atoms with E-state index in [0.29, 0.717) is 18.8 Å². The Morgan fingerprint density at radius 1 is 1.25 bits per heavy atom. The van der Waals surface area contributed by atoms with E-state index in [0.717, 1.165) is 60.9 Å². The summed E-state index contributed by atoms with van der Waals surface area (Å²) in [5, 5.41) is 10.5. The van der Waals surface area contributed by atoms with Crippen LogP contribution in [0.25, 0.3) is 10.9 Å². The second-order valence-electron chi connectivity index (χ2n) is 8.78. The highest BCUT2D eigenvalue weighted by atomic mass is 16.3. The summed E-state index contributed by atoms with van der Waals surface area (Å²) >= 11 is 0. The molecular formula is C23H32N2O3. The van der Waals surface area contributed by atoms with Crippen molar-refractivity contribution in [1.82, 2.24) is 9.88 Å². The van der Waals surface area contributed by atoms with Gasteiger partial charge >= 0.3 is 0 Å². The number of aryl methyl sites for hydroxylation is 1. The second-order valence-corrected chi connectivity index (χ2v) is 8.78. The molecule has 152 valence electrons. The lowest BCUT2D eigenvalue weighted by Crippen LogP contribution is -2.39. The lowest BCUT2D eigenvalue weighted by Gasteiger charge is -2.32. The summed E-state index contributed by atoms with van der Waals surface area (Å²) in [6, 6.07) is 7.67. The van der Waals surface area contributed by atoms with E-state index in [9.17, 15) is 14.7 Å². The van der Waals surface area contributed by atoms with E-state index in [4.69, 9.17) is 0 Å². The third-order valence-corrected chi connectivity index (χ3v) is 5.97. The van der Waals surface area contributed by atoms with E-state index in [1.54, 1.807) is 13.8 Å². The van der Waals surface area contributed by atoms with Crippen LogP contribution >= 0.6 is 0 Å². The van der Waals surface area contributed by atoms with Crippen molar-refractivity contribution in [1.29, 1.82) is 0 Å². The van der Waals surface area contributed by atoms with E-state index in [1.165, 1.54) is 0 Å². The molecule has 0 saturated carbocycles. The molecule has 0 aliphatic carbocycles. The number of likely N-dealkylation sites (tertiary alicyclic amines) is 1. The molecule has 0 unspecified atom stereocenters. The summed E-state index contributed by atoms with van der Waals surface area (Å²) < 4.78 is 0. The Morgan fingerprint density at radius 2 is 1.93 bits per heavy atom. The summed E-state index contributed by atoms with van der Waals surface area (Å²) in [6.07, 6.45) is 4.81. The molecule has 0 atom stereocenters. The first-order valence-corrected chi connectivity index (χ1v) is 10.4. The predicted octanol–water partition coefficient (Wildman–Crippen LogP) is 3.56. The third-order valence-electron chi connectivity index (χ3n) is 5.97. The molecule has 3 rings (SSSR count). The fourth-order valence-corrected chi connectivity index (χ4v) is 4.03. The number of hydrogen-bond acceptors (Lipinski definition) is 3. The molecule has 5 heteroatoms. The smallest absolute Gasteiger partial charge is 0.222 e. The Bertz CT molecular complexity index is 887. The van der Waals surface area contributed by atoms with Gasteiger partial charge in [-0.2, -0.15) is 0 Å². The minimum atomic E-state index is -0.789. The van der Waals surface area contributed by atoms with E-state index < -0.39 is 5.60 Å². The normalized spacial score (nSPS) is 15.9. The number of aromatic nitrogens is 1. The molecule has 1 saturated heterocycles. The van der Waals surface area contributed by atoms with Crippen molar-refractivity contribution >= 4 is 16.8 Å². The summed E-state index contributed by atoms with van der Waals surface area (Å²) in [6.45, 7) is 6.98. The number of rotatable bonds is 6. The van der Waals surface area contributed by atoms with Gasteiger partial charge in [-0.3, -0.25) is 9.59 Å². The minimum Gasteiger partial charge on any atom is -0.390 e. The van der Waals surface area contributed by atoms with Gasteiger partial charge in [-0.15, -0.1) is 0 Å². The average molecular weight is 385 g/mol. The molecule has 1 aliphatic heterocycles. The zero-order valence-corrected chi connectivity index (χ0v) is 17.3.